The van der Waals surface area contributed by atoms with E-state index in [0.29, 0.717) is 34.6 Å². The lowest BCUT2D eigenvalue weighted by atomic mass is 10.1. The summed E-state index contributed by atoms with van der Waals surface area (Å²) in [7, 11) is 3.21. The lowest BCUT2D eigenvalue weighted by molar-refractivity contribution is 0.414. The van der Waals surface area contributed by atoms with Gasteiger partial charge in [-0.15, -0.1) is 10.2 Å². The predicted molar refractivity (Wildman–Crippen MR) is 128 cm³/mol. The normalized spacial score (nSPS) is 11.1. The van der Waals surface area contributed by atoms with E-state index in [1.807, 2.05) is 53.1 Å². The van der Waals surface area contributed by atoms with E-state index in [9.17, 15) is 4.79 Å². The third-order valence-electron chi connectivity index (χ3n) is 5.35. The van der Waals surface area contributed by atoms with Crippen molar-refractivity contribution in [3.63, 3.8) is 0 Å². The van der Waals surface area contributed by atoms with E-state index in [2.05, 4.69) is 10.2 Å². The average Bonchev–Trinajstić information content (AvgIpc) is 3.52. The van der Waals surface area contributed by atoms with Gasteiger partial charge >= 0.3 is 5.63 Å². The third-order valence-corrected chi connectivity index (χ3v) is 6.37. The molecule has 0 radical (unpaired) electrons. The third kappa shape index (κ3) is 4.42. The van der Waals surface area contributed by atoms with Gasteiger partial charge in [0.15, 0.2) is 11.0 Å². The summed E-state index contributed by atoms with van der Waals surface area (Å²) in [6.07, 6.45) is 1.64. The molecule has 172 valence electrons. The van der Waals surface area contributed by atoms with Crippen molar-refractivity contribution in [1.29, 1.82) is 0 Å². The van der Waals surface area contributed by atoms with Gasteiger partial charge in [0.2, 0.25) is 0 Å². The number of hydrogen-bond donors (Lipinski definition) is 0. The van der Waals surface area contributed by atoms with Crippen LogP contribution >= 0.6 is 11.8 Å². The van der Waals surface area contributed by atoms with Gasteiger partial charge in [0.05, 0.1) is 27.0 Å². The van der Waals surface area contributed by atoms with E-state index in [0.717, 1.165) is 28.0 Å². The van der Waals surface area contributed by atoms with Crippen molar-refractivity contribution in [1.82, 2.24) is 14.8 Å². The van der Waals surface area contributed by atoms with Gasteiger partial charge in [-0.25, -0.2) is 4.79 Å². The number of nitrogens with zero attached hydrogens (tertiary/aromatic N) is 3. The molecule has 0 aliphatic heterocycles. The van der Waals surface area contributed by atoms with E-state index < -0.39 is 5.63 Å². The summed E-state index contributed by atoms with van der Waals surface area (Å²) in [5.74, 6) is 3.40. The van der Waals surface area contributed by atoms with Crippen molar-refractivity contribution < 1.29 is 18.3 Å². The van der Waals surface area contributed by atoms with E-state index in [1.165, 1.54) is 17.8 Å². The Balaban J connectivity index is 1.49. The fourth-order valence-electron chi connectivity index (χ4n) is 3.65. The Labute approximate surface area is 199 Å². The van der Waals surface area contributed by atoms with Crippen molar-refractivity contribution in [2.24, 2.45) is 0 Å². The molecule has 0 unspecified atom stereocenters. The number of aromatic nitrogens is 3. The topological polar surface area (TPSA) is 92.5 Å². The highest BCUT2D eigenvalue weighted by molar-refractivity contribution is 7.98. The van der Waals surface area contributed by atoms with E-state index in [-0.39, 0.29) is 0 Å². The van der Waals surface area contributed by atoms with Crippen LogP contribution in [0.1, 0.15) is 11.3 Å². The van der Waals surface area contributed by atoms with E-state index in [4.69, 9.17) is 18.3 Å². The number of fused-ring (bicyclic) bond motifs is 1. The van der Waals surface area contributed by atoms with Gasteiger partial charge in [-0.2, -0.15) is 0 Å². The molecule has 0 spiro atoms. The minimum atomic E-state index is -0.410. The van der Waals surface area contributed by atoms with Crippen molar-refractivity contribution >= 4 is 22.7 Å². The molecular formula is C25H21N3O5S. The fourth-order valence-corrected chi connectivity index (χ4v) is 4.58. The second-order valence-corrected chi connectivity index (χ2v) is 8.38. The molecule has 0 amide bonds. The Morgan fingerprint density at radius 1 is 0.971 bits per heavy atom. The van der Waals surface area contributed by atoms with Crippen LogP contribution in [0.2, 0.25) is 0 Å². The average molecular weight is 476 g/mol. The Morgan fingerprint density at radius 3 is 2.50 bits per heavy atom. The van der Waals surface area contributed by atoms with Gasteiger partial charge in [-0.3, -0.25) is 4.57 Å². The van der Waals surface area contributed by atoms with E-state index >= 15 is 0 Å². The van der Waals surface area contributed by atoms with Gasteiger partial charge in [0, 0.05) is 28.8 Å². The first kappa shape index (κ1) is 21.8. The molecule has 0 saturated carbocycles. The molecule has 34 heavy (non-hydrogen) atoms. The second-order valence-electron chi connectivity index (χ2n) is 7.44. The summed E-state index contributed by atoms with van der Waals surface area (Å²) in [6, 6.07) is 18.4. The highest BCUT2D eigenvalue weighted by atomic mass is 32.2. The standard InChI is InChI=1S/C25H21N3O5S/c1-30-18-7-5-16(6-8-18)24-26-27-25(28(24)14-20-4-3-11-32-20)34-15-17-12-23(29)33-22-13-19(31-2)9-10-21(17)22/h3-13H,14-15H2,1-2H3. The summed E-state index contributed by atoms with van der Waals surface area (Å²) in [6.45, 7) is 0.471. The zero-order chi connectivity index (χ0) is 23.5. The van der Waals surface area contributed by atoms with Crippen LogP contribution in [-0.4, -0.2) is 29.0 Å². The molecule has 0 aliphatic rings. The maximum atomic E-state index is 12.2. The van der Waals surface area contributed by atoms with Crippen LogP contribution in [0.5, 0.6) is 11.5 Å². The first-order chi connectivity index (χ1) is 16.6. The monoisotopic (exact) mass is 475 g/mol. The van der Waals surface area contributed by atoms with Gasteiger partial charge in [0.25, 0.3) is 0 Å². The summed E-state index contributed by atoms with van der Waals surface area (Å²) in [5, 5.41) is 10.4. The molecule has 0 atom stereocenters. The van der Waals surface area contributed by atoms with Crippen LogP contribution in [-0.2, 0) is 12.3 Å². The van der Waals surface area contributed by atoms with Gasteiger partial charge < -0.3 is 18.3 Å². The molecule has 3 heterocycles. The van der Waals surface area contributed by atoms with Crippen LogP contribution in [0, 0.1) is 0 Å². The lowest BCUT2D eigenvalue weighted by Crippen LogP contribution is -2.04. The Kier molecular flexibility index (Phi) is 6.09. The summed E-state index contributed by atoms with van der Waals surface area (Å²) >= 11 is 1.49. The number of hydrogen-bond acceptors (Lipinski definition) is 8. The molecule has 0 saturated heterocycles. The van der Waals surface area contributed by atoms with Crippen LogP contribution in [0.4, 0.5) is 0 Å². The molecule has 8 nitrogen and oxygen atoms in total. The summed E-state index contributed by atoms with van der Waals surface area (Å²) in [4.78, 5) is 12.2. The molecule has 9 heteroatoms. The molecule has 0 aliphatic carbocycles. The zero-order valence-electron chi connectivity index (χ0n) is 18.6. The number of benzene rings is 2. The van der Waals surface area contributed by atoms with Gasteiger partial charge in [-0.1, -0.05) is 11.8 Å². The Bertz CT molecular complexity index is 1470. The van der Waals surface area contributed by atoms with Crippen molar-refractivity contribution in [2.75, 3.05) is 14.2 Å². The minimum absolute atomic E-state index is 0.410. The lowest BCUT2D eigenvalue weighted by Gasteiger charge is -2.10. The smallest absolute Gasteiger partial charge is 0.336 e. The SMILES string of the molecule is COc1ccc(-c2nnc(SCc3cc(=O)oc4cc(OC)ccc34)n2Cc2ccco2)cc1. The number of furan rings is 1. The molecule has 5 rings (SSSR count). The fraction of sp³-hybridized carbons (Fsp3) is 0.160. The maximum Gasteiger partial charge on any atom is 0.336 e. The van der Waals surface area contributed by atoms with Crippen molar-refractivity contribution in [3.8, 4) is 22.9 Å². The van der Waals surface area contributed by atoms with Crippen LogP contribution in [0.25, 0.3) is 22.4 Å². The molecule has 5 aromatic rings. The first-order valence-electron chi connectivity index (χ1n) is 10.5. The van der Waals surface area contributed by atoms with Crippen molar-refractivity contribution in [3.05, 3.63) is 88.7 Å². The number of rotatable bonds is 8. The van der Waals surface area contributed by atoms with Crippen LogP contribution in [0.3, 0.4) is 0 Å². The van der Waals surface area contributed by atoms with E-state index in [1.54, 1.807) is 26.5 Å². The largest absolute Gasteiger partial charge is 0.497 e. The quantitative estimate of drug-likeness (QED) is 0.229. The predicted octanol–water partition coefficient (Wildman–Crippen LogP) is 5.00. The van der Waals surface area contributed by atoms with Crippen LogP contribution < -0.4 is 15.1 Å². The number of methoxy groups -OCH3 is 2. The highest BCUT2D eigenvalue weighted by Crippen LogP contribution is 2.31. The van der Waals surface area contributed by atoms with Gasteiger partial charge in [-0.05, 0) is 54.1 Å². The minimum Gasteiger partial charge on any atom is -0.497 e. The Morgan fingerprint density at radius 2 is 1.76 bits per heavy atom. The number of thioether (sulfide) groups is 1. The molecule has 0 fully saturated rings. The van der Waals surface area contributed by atoms with Gasteiger partial charge in [0.1, 0.15) is 22.8 Å². The summed E-state index contributed by atoms with van der Waals surface area (Å²) in [5.41, 5.74) is 1.83. The summed E-state index contributed by atoms with van der Waals surface area (Å²) < 4.78 is 23.5. The molecular weight excluding hydrogens is 454 g/mol. The zero-order valence-corrected chi connectivity index (χ0v) is 19.4. The highest BCUT2D eigenvalue weighted by Gasteiger charge is 2.17. The molecule has 0 bridgehead atoms. The molecule has 3 aromatic heterocycles. The number of ether oxygens (including phenoxy) is 2. The van der Waals surface area contributed by atoms with Crippen molar-refractivity contribution in [2.45, 2.75) is 17.5 Å². The maximum absolute atomic E-state index is 12.2. The first-order valence-corrected chi connectivity index (χ1v) is 11.5. The molecule has 0 N–H and O–H groups in total. The Hall–Kier alpha value is -3.98. The molecule has 2 aromatic carbocycles. The second kappa shape index (κ2) is 9.48. The van der Waals surface area contributed by atoms with Crippen LogP contribution in [0.15, 0.2) is 85.7 Å².